The van der Waals surface area contributed by atoms with Crippen LogP contribution >= 0.6 is 11.3 Å². The molecular weight excluding hydrogens is 409 g/mol. The first-order valence-electron chi connectivity index (χ1n) is 9.73. The van der Waals surface area contributed by atoms with Crippen LogP contribution < -0.4 is 4.90 Å². The minimum absolute atomic E-state index is 0.413. The topological polar surface area (TPSA) is 43.2 Å². The standard InChI is InChI=1S/C22H21F3N4S/c1-15-10-16(4-5-26)12-17(11-15)14-28-6-8-29(9-7-28)21-27-19-3-2-18(22(23,24)25)13-20(19)30-21/h2-3,10-13H,4,6-9,14H2,1H3. The SMILES string of the molecule is Cc1cc(CC#N)cc(CN2CCN(c3nc4ccc(C(F)(F)F)cc4s3)CC2)c1. The first-order valence-corrected chi connectivity index (χ1v) is 10.5. The van der Waals surface area contributed by atoms with Crippen molar-refractivity contribution in [1.29, 1.82) is 5.26 Å². The second-order valence-corrected chi connectivity index (χ2v) is 8.61. The van der Waals surface area contributed by atoms with E-state index in [1.165, 1.54) is 29.0 Å². The molecule has 30 heavy (non-hydrogen) atoms. The van der Waals surface area contributed by atoms with Crippen LogP contribution in [0.5, 0.6) is 0 Å². The molecule has 2 heterocycles. The smallest absolute Gasteiger partial charge is 0.345 e. The second kappa shape index (κ2) is 8.25. The number of hydrogen-bond acceptors (Lipinski definition) is 5. The molecule has 4 nitrogen and oxygen atoms in total. The van der Waals surface area contributed by atoms with Crippen molar-refractivity contribution in [3.8, 4) is 6.07 Å². The maximum absolute atomic E-state index is 12.9. The van der Waals surface area contributed by atoms with E-state index >= 15 is 0 Å². The number of hydrogen-bond donors (Lipinski definition) is 0. The van der Waals surface area contributed by atoms with Gasteiger partial charge in [0.1, 0.15) is 0 Å². The maximum atomic E-state index is 12.9. The summed E-state index contributed by atoms with van der Waals surface area (Å²) >= 11 is 1.31. The summed E-state index contributed by atoms with van der Waals surface area (Å²) in [6.07, 6.45) is -3.93. The van der Waals surface area contributed by atoms with E-state index in [9.17, 15) is 13.2 Å². The molecule has 1 aliphatic heterocycles. The summed E-state index contributed by atoms with van der Waals surface area (Å²) in [5.41, 5.74) is 3.37. The van der Waals surface area contributed by atoms with Crippen LogP contribution in [0.4, 0.5) is 18.3 Å². The molecule has 0 radical (unpaired) electrons. The van der Waals surface area contributed by atoms with Crippen LogP contribution in [0.15, 0.2) is 36.4 Å². The first-order chi connectivity index (χ1) is 14.3. The van der Waals surface area contributed by atoms with Gasteiger partial charge in [0.2, 0.25) is 0 Å². The zero-order chi connectivity index (χ0) is 21.3. The Labute approximate surface area is 177 Å². The Morgan fingerprint density at radius 1 is 1.07 bits per heavy atom. The summed E-state index contributed by atoms with van der Waals surface area (Å²) in [6, 6.07) is 12.2. The van der Waals surface area contributed by atoms with E-state index in [4.69, 9.17) is 5.26 Å². The summed E-state index contributed by atoms with van der Waals surface area (Å²) in [5.74, 6) is 0. The summed E-state index contributed by atoms with van der Waals surface area (Å²) < 4.78 is 39.4. The van der Waals surface area contributed by atoms with E-state index < -0.39 is 11.7 Å². The Balaban J connectivity index is 1.42. The molecule has 1 aromatic heterocycles. The molecule has 0 saturated carbocycles. The normalized spacial score (nSPS) is 15.5. The Kier molecular flexibility index (Phi) is 5.67. The molecule has 8 heteroatoms. The van der Waals surface area contributed by atoms with E-state index in [-0.39, 0.29) is 0 Å². The lowest BCUT2D eigenvalue weighted by Gasteiger charge is -2.34. The number of fused-ring (bicyclic) bond motifs is 1. The predicted octanol–water partition coefficient (Wildman–Crippen LogP) is 5.01. The van der Waals surface area contributed by atoms with Crippen LogP contribution in [0.3, 0.4) is 0 Å². The van der Waals surface area contributed by atoms with E-state index in [0.717, 1.165) is 55.0 Å². The number of halogens is 3. The van der Waals surface area contributed by atoms with Gasteiger partial charge in [-0.1, -0.05) is 35.1 Å². The fourth-order valence-electron chi connectivity index (χ4n) is 3.81. The van der Waals surface area contributed by atoms with Crippen molar-refractivity contribution >= 4 is 26.7 Å². The van der Waals surface area contributed by atoms with Gasteiger partial charge in [0.25, 0.3) is 0 Å². The fourth-order valence-corrected chi connectivity index (χ4v) is 4.87. The van der Waals surface area contributed by atoms with E-state index in [0.29, 0.717) is 16.6 Å². The average Bonchev–Trinajstić information content (AvgIpc) is 3.11. The number of alkyl halides is 3. The zero-order valence-electron chi connectivity index (χ0n) is 16.5. The summed E-state index contributed by atoms with van der Waals surface area (Å²) in [5, 5.41) is 9.72. The van der Waals surface area contributed by atoms with Crippen molar-refractivity contribution in [2.45, 2.75) is 26.1 Å². The number of nitriles is 1. The van der Waals surface area contributed by atoms with Crippen molar-refractivity contribution in [2.75, 3.05) is 31.1 Å². The molecule has 156 valence electrons. The summed E-state index contributed by atoms with van der Waals surface area (Å²) in [6.45, 7) is 6.13. The molecule has 1 fully saturated rings. The van der Waals surface area contributed by atoms with Crippen molar-refractivity contribution in [2.24, 2.45) is 0 Å². The van der Waals surface area contributed by atoms with Gasteiger partial charge in [0.15, 0.2) is 5.13 Å². The molecule has 0 aliphatic carbocycles. The highest BCUT2D eigenvalue weighted by atomic mass is 32.1. The molecule has 0 unspecified atom stereocenters. The summed E-state index contributed by atoms with van der Waals surface area (Å²) in [4.78, 5) is 9.04. The van der Waals surface area contributed by atoms with Crippen molar-refractivity contribution in [1.82, 2.24) is 9.88 Å². The van der Waals surface area contributed by atoms with Gasteiger partial charge in [-0.3, -0.25) is 4.90 Å². The zero-order valence-corrected chi connectivity index (χ0v) is 17.4. The summed E-state index contributed by atoms with van der Waals surface area (Å²) in [7, 11) is 0. The number of benzene rings is 2. The highest BCUT2D eigenvalue weighted by Gasteiger charge is 2.31. The van der Waals surface area contributed by atoms with E-state index in [2.05, 4.69) is 33.0 Å². The Hall–Kier alpha value is -2.63. The fraction of sp³-hybridized carbons (Fsp3) is 0.364. The van der Waals surface area contributed by atoms with Crippen LogP contribution in [0.25, 0.3) is 10.2 Å². The van der Waals surface area contributed by atoms with Gasteiger partial charge in [-0.05, 0) is 36.2 Å². The first kappa shape index (κ1) is 20.6. The van der Waals surface area contributed by atoms with Crippen molar-refractivity contribution in [3.05, 3.63) is 58.7 Å². The van der Waals surface area contributed by atoms with Crippen LogP contribution in [0.1, 0.15) is 22.3 Å². The van der Waals surface area contributed by atoms with Gasteiger partial charge in [0.05, 0.1) is 28.3 Å². The van der Waals surface area contributed by atoms with Gasteiger partial charge < -0.3 is 4.90 Å². The van der Waals surface area contributed by atoms with Crippen LogP contribution in [-0.2, 0) is 19.1 Å². The molecular formula is C22H21F3N4S. The molecule has 1 aliphatic rings. The number of aromatic nitrogens is 1. The average molecular weight is 430 g/mol. The lowest BCUT2D eigenvalue weighted by atomic mass is 10.0. The number of aryl methyl sites for hydroxylation is 1. The van der Waals surface area contributed by atoms with E-state index in [1.54, 1.807) is 0 Å². The Morgan fingerprint density at radius 2 is 1.80 bits per heavy atom. The minimum atomic E-state index is -4.34. The highest BCUT2D eigenvalue weighted by Crippen LogP contribution is 2.35. The molecule has 0 bridgehead atoms. The van der Waals surface area contributed by atoms with Gasteiger partial charge in [0, 0.05) is 32.7 Å². The number of rotatable bonds is 4. The van der Waals surface area contributed by atoms with Gasteiger partial charge in [-0.25, -0.2) is 4.98 Å². The third-order valence-electron chi connectivity index (χ3n) is 5.23. The molecule has 0 N–H and O–H groups in total. The molecule has 1 saturated heterocycles. The number of anilines is 1. The molecule has 0 spiro atoms. The van der Waals surface area contributed by atoms with Gasteiger partial charge in [-0.15, -0.1) is 0 Å². The largest absolute Gasteiger partial charge is 0.416 e. The van der Waals surface area contributed by atoms with Crippen LogP contribution in [0, 0.1) is 18.3 Å². The van der Waals surface area contributed by atoms with Gasteiger partial charge >= 0.3 is 6.18 Å². The third-order valence-corrected chi connectivity index (χ3v) is 6.31. The highest BCUT2D eigenvalue weighted by molar-refractivity contribution is 7.22. The predicted molar refractivity (Wildman–Crippen MR) is 113 cm³/mol. The molecule has 2 aromatic carbocycles. The van der Waals surface area contributed by atoms with Crippen LogP contribution in [0.2, 0.25) is 0 Å². The molecule has 3 aromatic rings. The second-order valence-electron chi connectivity index (χ2n) is 7.60. The maximum Gasteiger partial charge on any atom is 0.416 e. The number of thiazole rings is 1. The lowest BCUT2D eigenvalue weighted by Crippen LogP contribution is -2.45. The number of nitrogens with zero attached hydrogens (tertiary/aromatic N) is 4. The Morgan fingerprint density at radius 3 is 2.50 bits per heavy atom. The third kappa shape index (κ3) is 4.58. The lowest BCUT2D eigenvalue weighted by molar-refractivity contribution is -0.137. The molecule has 4 rings (SSSR count). The Bertz CT molecular complexity index is 1090. The molecule has 0 atom stereocenters. The van der Waals surface area contributed by atoms with Crippen molar-refractivity contribution < 1.29 is 13.2 Å². The van der Waals surface area contributed by atoms with Gasteiger partial charge in [-0.2, -0.15) is 18.4 Å². The monoisotopic (exact) mass is 430 g/mol. The minimum Gasteiger partial charge on any atom is -0.345 e. The number of piperazine rings is 1. The van der Waals surface area contributed by atoms with E-state index in [1.807, 2.05) is 13.0 Å². The quantitative estimate of drug-likeness (QED) is 0.584. The molecule has 0 amide bonds. The van der Waals surface area contributed by atoms with Crippen LogP contribution in [-0.4, -0.2) is 36.1 Å². The van der Waals surface area contributed by atoms with Crippen molar-refractivity contribution in [3.63, 3.8) is 0 Å².